The summed E-state index contributed by atoms with van der Waals surface area (Å²) in [6.07, 6.45) is 2.02. The Hall–Kier alpha value is -3.33. The first-order chi connectivity index (χ1) is 16.7. The van der Waals surface area contributed by atoms with Crippen LogP contribution in [-0.2, 0) is 21.2 Å². The van der Waals surface area contributed by atoms with Crippen molar-refractivity contribution in [3.8, 4) is 33.0 Å². The fraction of sp³-hybridized carbons (Fsp3) is 0.333. The molecule has 1 aliphatic rings. The Balaban J connectivity index is 1.65. The van der Waals surface area contributed by atoms with Crippen LogP contribution in [0.4, 0.5) is 0 Å². The molecule has 2 aromatic carbocycles. The number of carboxylic acids is 1. The molecule has 0 spiro atoms. The summed E-state index contributed by atoms with van der Waals surface area (Å²) in [5, 5.41) is 28.5. The largest absolute Gasteiger partial charge is 0.490 e. The SMILES string of the molecule is CC(C)Oc1ccc(-c2nnc(-c3cccc4c3CCCC4NS(=O)(=O)CC(=O)O)s2)cc1C#N. The third-order valence-corrected chi connectivity index (χ3v) is 7.78. The van der Waals surface area contributed by atoms with Crippen molar-refractivity contribution in [1.29, 1.82) is 5.26 Å². The molecular formula is C24H24N4O5S2. The van der Waals surface area contributed by atoms with Crippen molar-refractivity contribution in [3.05, 3.63) is 53.1 Å². The van der Waals surface area contributed by atoms with Crippen LogP contribution in [0, 0.1) is 11.3 Å². The molecule has 1 atom stereocenters. The van der Waals surface area contributed by atoms with Crippen LogP contribution in [0.2, 0.25) is 0 Å². The predicted octanol–water partition coefficient (Wildman–Crippen LogP) is 3.91. The molecule has 4 rings (SSSR count). The number of nitrogens with zero attached hydrogens (tertiary/aromatic N) is 3. The lowest BCUT2D eigenvalue weighted by Crippen LogP contribution is -2.35. The molecule has 1 unspecified atom stereocenters. The van der Waals surface area contributed by atoms with Crippen LogP contribution in [0.5, 0.6) is 5.75 Å². The zero-order valence-electron chi connectivity index (χ0n) is 19.2. The lowest BCUT2D eigenvalue weighted by Gasteiger charge is -2.27. The topological polar surface area (TPSA) is 142 Å². The maximum Gasteiger partial charge on any atom is 0.320 e. The van der Waals surface area contributed by atoms with Crippen molar-refractivity contribution in [2.24, 2.45) is 0 Å². The van der Waals surface area contributed by atoms with Crippen LogP contribution in [0.1, 0.15) is 49.4 Å². The van der Waals surface area contributed by atoms with Gasteiger partial charge in [0.25, 0.3) is 0 Å². The number of nitrogens with one attached hydrogen (secondary N) is 1. The van der Waals surface area contributed by atoms with Gasteiger partial charge in [-0.15, -0.1) is 10.2 Å². The Kier molecular flexibility index (Phi) is 7.16. The standard InChI is InChI=1S/C24H24N4O5S2/c1-14(2)33-21-10-9-15(11-16(21)12-25)23-26-27-24(34-23)19-7-3-6-18-17(19)5-4-8-20(18)28-35(31,32)13-22(29)30/h3,6-7,9-11,14,20,28H,4-5,8,13H2,1-2H3,(H,29,30). The van der Waals surface area contributed by atoms with Crippen molar-refractivity contribution in [2.75, 3.05) is 5.75 Å². The monoisotopic (exact) mass is 512 g/mol. The minimum Gasteiger partial charge on any atom is -0.490 e. The van der Waals surface area contributed by atoms with E-state index >= 15 is 0 Å². The zero-order chi connectivity index (χ0) is 25.2. The molecule has 9 nitrogen and oxygen atoms in total. The first-order valence-electron chi connectivity index (χ1n) is 11.1. The van der Waals surface area contributed by atoms with Gasteiger partial charge in [-0.3, -0.25) is 4.79 Å². The van der Waals surface area contributed by atoms with E-state index < -0.39 is 27.8 Å². The molecule has 0 saturated heterocycles. The van der Waals surface area contributed by atoms with E-state index in [0.717, 1.165) is 35.1 Å². The van der Waals surface area contributed by atoms with Gasteiger partial charge in [-0.1, -0.05) is 29.5 Å². The minimum absolute atomic E-state index is 0.0530. The highest BCUT2D eigenvalue weighted by Crippen LogP contribution is 2.39. The zero-order valence-corrected chi connectivity index (χ0v) is 20.8. The van der Waals surface area contributed by atoms with Crippen molar-refractivity contribution in [3.63, 3.8) is 0 Å². The third-order valence-electron chi connectivity index (χ3n) is 5.51. The normalized spacial score (nSPS) is 15.4. The summed E-state index contributed by atoms with van der Waals surface area (Å²) in [5.41, 5.74) is 3.84. The van der Waals surface area contributed by atoms with Gasteiger partial charge >= 0.3 is 5.97 Å². The van der Waals surface area contributed by atoms with E-state index in [0.29, 0.717) is 27.7 Å². The summed E-state index contributed by atoms with van der Waals surface area (Å²) in [6, 6.07) is 12.6. The molecule has 1 aromatic heterocycles. The molecule has 0 radical (unpaired) electrons. The van der Waals surface area contributed by atoms with E-state index in [1.165, 1.54) is 11.3 Å². The Morgan fingerprint density at radius 3 is 2.77 bits per heavy atom. The summed E-state index contributed by atoms with van der Waals surface area (Å²) >= 11 is 1.38. The van der Waals surface area contributed by atoms with E-state index in [-0.39, 0.29) is 6.10 Å². The smallest absolute Gasteiger partial charge is 0.320 e. The second-order valence-corrected chi connectivity index (χ2v) is 11.2. The van der Waals surface area contributed by atoms with Crippen molar-refractivity contribution >= 4 is 27.3 Å². The minimum atomic E-state index is -3.96. The second-order valence-electron chi connectivity index (χ2n) is 8.49. The first-order valence-corrected chi connectivity index (χ1v) is 13.5. The van der Waals surface area contributed by atoms with Crippen molar-refractivity contribution < 1.29 is 23.1 Å². The van der Waals surface area contributed by atoms with E-state index in [4.69, 9.17) is 9.84 Å². The van der Waals surface area contributed by atoms with Gasteiger partial charge in [-0.2, -0.15) is 5.26 Å². The van der Waals surface area contributed by atoms with Gasteiger partial charge in [-0.05, 0) is 62.4 Å². The van der Waals surface area contributed by atoms with Gasteiger partial charge in [0.05, 0.1) is 11.7 Å². The number of ether oxygens (including phenoxy) is 1. The molecule has 35 heavy (non-hydrogen) atoms. The predicted molar refractivity (Wildman–Crippen MR) is 131 cm³/mol. The van der Waals surface area contributed by atoms with Crippen molar-refractivity contribution in [2.45, 2.75) is 45.3 Å². The second kappa shape index (κ2) is 10.1. The number of fused-ring (bicyclic) bond motifs is 1. The van der Waals surface area contributed by atoms with Crippen LogP contribution < -0.4 is 9.46 Å². The maximum absolute atomic E-state index is 12.2. The summed E-state index contributed by atoms with van der Waals surface area (Å²) in [5.74, 6) is -1.85. The quantitative estimate of drug-likeness (QED) is 0.462. The summed E-state index contributed by atoms with van der Waals surface area (Å²) in [4.78, 5) is 10.9. The van der Waals surface area contributed by atoms with E-state index in [9.17, 15) is 18.5 Å². The summed E-state index contributed by atoms with van der Waals surface area (Å²) < 4.78 is 32.7. The number of nitriles is 1. The number of benzene rings is 2. The third kappa shape index (κ3) is 5.67. The maximum atomic E-state index is 12.2. The molecule has 0 bridgehead atoms. The number of carbonyl (C=O) groups is 1. The highest BCUT2D eigenvalue weighted by molar-refractivity contribution is 7.90. The number of hydrogen-bond acceptors (Lipinski definition) is 8. The Labute approximate surface area is 207 Å². The van der Waals surface area contributed by atoms with Gasteiger partial charge in [0.2, 0.25) is 10.0 Å². The lowest BCUT2D eigenvalue weighted by molar-refractivity contribution is -0.134. The molecule has 1 heterocycles. The van der Waals surface area contributed by atoms with Crippen LogP contribution in [0.15, 0.2) is 36.4 Å². The van der Waals surface area contributed by atoms with E-state index in [1.54, 1.807) is 12.1 Å². The number of hydrogen-bond donors (Lipinski definition) is 2. The Morgan fingerprint density at radius 2 is 2.06 bits per heavy atom. The Bertz CT molecular complexity index is 1410. The molecule has 0 aliphatic heterocycles. The fourth-order valence-corrected chi connectivity index (χ4v) is 6.13. The molecular weight excluding hydrogens is 488 g/mol. The fourth-order valence-electron chi connectivity index (χ4n) is 4.15. The number of aliphatic carboxylic acids is 1. The van der Waals surface area contributed by atoms with Gasteiger partial charge in [0, 0.05) is 17.2 Å². The van der Waals surface area contributed by atoms with Gasteiger partial charge in [-0.25, -0.2) is 13.1 Å². The molecule has 3 aromatic rings. The van der Waals surface area contributed by atoms with Gasteiger partial charge in [0.15, 0.2) is 5.75 Å². The summed E-state index contributed by atoms with van der Waals surface area (Å²) in [7, 11) is -3.96. The highest BCUT2D eigenvalue weighted by Gasteiger charge is 2.28. The van der Waals surface area contributed by atoms with E-state index in [2.05, 4.69) is 21.0 Å². The average Bonchev–Trinajstić information content (AvgIpc) is 3.28. The molecule has 0 amide bonds. The number of rotatable bonds is 8. The summed E-state index contributed by atoms with van der Waals surface area (Å²) in [6.45, 7) is 3.79. The molecule has 0 saturated carbocycles. The highest BCUT2D eigenvalue weighted by atomic mass is 32.2. The molecule has 11 heteroatoms. The number of carboxylic acid groups (broad SMARTS) is 1. The van der Waals surface area contributed by atoms with Crippen LogP contribution >= 0.6 is 11.3 Å². The number of aromatic nitrogens is 2. The molecule has 182 valence electrons. The number of sulfonamides is 1. The van der Waals surface area contributed by atoms with Gasteiger partial charge in [0.1, 0.15) is 21.8 Å². The molecule has 2 N–H and O–H groups in total. The van der Waals surface area contributed by atoms with E-state index in [1.807, 2.05) is 38.1 Å². The lowest BCUT2D eigenvalue weighted by atomic mass is 9.85. The first kappa shape index (κ1) is 24.8. The van der Waals surface area contributed by atoms with Gasteiger partial charge < -0.3 is 9.84 Å². The van der Waals surface area contributed by atoms with Crippen LogP contribution in [0.25, 0.3) is 21.1 Å². The van der Waals surface area contributed by atoms with Crippen molar-refractivity contribution in [1.82, 2.24) is 14.9 Å². The van der Waals surface area contributed by atoms with Crippen LogP contribution in [-0.4, -0.2) is 41.5 Å². The molecule has 0 fully saturated rings. The molecule has 1 aliphatic carbocycles. The van der Waals surface area contributed by atoms with Crippen LogP contribution in [0.3, 0.4) is 0 Å². The average molecular weight is 513 g/mol. The Morgan fingerprint density at radius 1 is 1.29 bits per heavy atom.